The van der Waals surface area contributed by atoms with Gasteiger partial charge in [-0.25, -0.2) is 0 Å². The van der Waals surface area contributed by atoms with Crippen LogP contribution in [-0.2, 0) is 4.79 Å². The zero-order chi connectivity index (χ0) is 26.0. The van der Waals surface area contributed by atoms with Gasteiger partial charge < -0.3 is 28.9 Å². The normalized spacial score (nSPS) is 21.8. The van der Waals surface area contributed by atoms with Crippen LogP contribution in [0.2, 0.25) is 0 Å². The number of nitrogens with zero attached hydrogens (tertiary/aromatic N) is 3. The van der Waals surface area contributed by atoms with E-state index in [-0.39, 0.29) is 17.9 Å². The number of fused-ring (bicyclic) bond motifs is 1. The third kappa shape index (κ3) is 4.50. The van der Waals surface area contributed by atoms with Gasteiger partial charge in [-0.3, -0.25) is 9.59 Å². The second-order valence-corrected chi connectivity index (χ2v) is 9.62. The molecule has 1 fully saturated rings. The Morgan fingerprint density at radius 2 is 1.75 bits per heavy atom. The smallest absolute Gasteiger partial charge is 0.254 e. The highest BCUT2D eigenvalue weighted by Crippen LogP contribution is 2.48. The summed E-state index contributed by atoms with van der Waals surface area (Å²) < 4.78 is 16.8. The third-order valence-corrected chi connectivity index (χ3v) is 7.46. The van der Waals surface area contributed by atoms with E-state index < -0.39 is 12.0 Å². The molecule has 0 N–H and O–H groups in total. The molecular formula is C28H37N3O5. The molecule has 0 spiro atoms. The summed E-state index contributed by atoms with van der Waals surface area (Å²) in [5.41, 5.74) is 2.12. The number of carbonyl (C=O) groups excluding carboxylic acids is 2. The van der Waals surface area contributed by atoms with Crippen LogP contribution >= 0.6 is 0 Å². The summed E-state index contributed by atoms with van der Waals surface area (Å²) in [4.78, 5) is 34.0. The molecular weight excluding hydrogens is 458 g/mol. The minimum atomic E-state index is -0.566. The van der Waals surface area contributed by atoms with E-state index in [0.717, 1.165) is 37.1 Å². The van der Waals surface area contributed by atoms with E-state index in [1.807, 2.05) is 60.2 Å². The lowest BCUT2D eigenvalue weighted by molar-refractivity contribution is -0.135. The predicted octanol–water partition coefficient (Wildman–Crippen LogP) is 3.57. The molecule has 36 heavy (non-hydrogen) atoms. The summed E-state index contributed by atoms with van der Waals surface area (Å²) in [6.45, 7) is 4.36. The van der Waals surface area contributed by atoms with Gasteiger partial charge in [0, 0.05) is 31.7 Å². The highest BCUT2D eigenvalue weighted by molar-refractivity contribution is 6.01. The summed E-state index contributed by atoms with van der Waals surface area (Å²) >= 11 is 0. The summed E-state index contributed by atoms with van der Waals surface area (Å²) in [6.07, 6.45) is 1.69. The molecule has 0 aliphatic carbocycles. The number of benzene rings is 2. The van der Waals surface area contributed by atoms with Gasteiger partial charge in [-0.05, 0) is 55.8 Å². The van der Waals surface area contributed by atoms with Crippen molar-refractivity contribution in [2.45, 2.75) is 37.8 Å². The molecule has 0 bridgehead atoms. The van der Waals surface area contributed by atoms with Crippen LogP contribution < -0.4 is 14.2 Å². The number of carbonyl (C=O) groups is 2. The van der Waals surface area contributed by atoms with Gasteiger partial charge in [0.1, 0.15) is 0 Å². The Balaban J connectivity index is 1.90. The van der Waals surface area contributed by atoms with Crippen molar-refractivity contribution in [3.05, 3.63) is 53.1 Å². The maximum absolute atomic E-state index is 14.3. The minimum absolute atomic E-state index is 0.00936. The number of likely N-dealkylation sites (N-methyl/N-ethyl adjacent to an activating group) is 2. The Hall–Kier alpha value is -3.26. The standard InChI is InChI=1S/C28H37N3O5/c1-7-13-31-25(18-15-22(34-4)26(36-6)23(16-18)35-5)24(20-10-8-9-11-21(20)27(31)32)28(33)30(3)19-12-14-29(2)17-19/h8-11,15-16,19,24-25H,7,12-14,17H2,1-6H3. The third-order valence-electron chi connectivity index (χ3n) is 7.46. The number of likely N-dealkylation sites (tertiary alicyclic amines) is 1. The van der Waals surface area contributed by atoms with Crippen LogP contribution in [0.15, 0.2) is 36.4 Å². The fraction of sp³-hybridized carbons (Fsp3) is 0.500. The van der Waals surface area contributed by atoms with Gasteiger partial charge in [-0.1, -0.05) is 25.1 Å². The second kappa shape index (κ2) is 10.8. The Labute approximate surface area is 213 Å². The lowest BCUT2D eigenvalue weighted by atomic mass is 9.78. The summed E-state index contributed by atoms with van der Waals surface area (Å²) in [5.74, 6) is 0.832. The van der Waals surface area contributed by atoms with Gasteiger partial charge >= 0.3 is 0 Å². The lowest BCUT2D eigenvalue weighted by Crippen LogP contribution is -2.50. The molecule has 8 heteroatoms. The van der Waals surface area contributed by atoms with Crippen LogP contribution in [0, 0.1) is 0 Å². The van der Waals surface area contributed by atoms with Crippen molar-refractivity contribution in [3.63, 3.8) is 0 Å². The molecule has 2 aromatic rings. The van der Waals surface area contributed by atoms with Crippen molar-refractivity contribution in [1.29, 1.82) is 0 Å². The van der Waals surface area contributed by atoms with E-state index in [0.29, 0.717) is 29.4 Å². The highest BCUT2D eigenvalue weighted by Gasteiger charge is 2.46. The van der Waals surface area contributed by atoms with Gasteiger partial charge in [0.2, 0.25) is 11.7 Å². The zero-order valence-corrected chi connectivity index (χ0v) is 22.1. The van der Waals surface area contributed by atoms with Crippen molar-refractivity contribution in [3.8, 4) is 17.2 Å². The van der Waals surface area contributed by atoms with Gasteiger partial charge in [0.15, 0.2) is 11.5 Å². The maximum Gasteiger partial charge on any atom is 0.254 e. The van der Waals surface area contributed by atoms with Crippen molar-refractivity contribution in [2.24, 2.45) is 0 Å². The van der Waals surface area contributed by atoms with Gasteiger partial charge in [-0.2, -0.15) is 0 Å². The van der Waals surface area contributed by atoms with E-state index in [1.54, 1.807) is 21.3 Å². The lowest BCUT2D eigenvalue weighted by Gasteiger charge is -2.43. The number of ether oxygens (including phenoxy) is 3. The first-order valence-electron chi connectivity index (χ1n) is 12.5. The van der Waals surface area contributed by atoms with E-state index in [1.165, 1.54) is 0 Å². The number of hydrogen-bond acceptors (Lipinski definition) is 6. The average molecular weight is 496 g/mol. The molecule has 2 aromatic carbocycles. The predicted molar refractivity (Wildman–Crippen MR) is 138 cm³/mol. The quantitative estimate of drug-likeness (QED) is 0.558. The zero-order valence-electron chi connectivity index (χ0n) is 22.1. The van der Waals surface area contributed by atoms with Crippen LogP contribution in [0.5, 0.6) is 17.2 Å². The number of hydrogen-bond donors (Lipinski definition) is 0. The molecule has 2 aliphatic rings. The molecule has 0 aromatic heterocycles. The molecule has 3 unspecified atom stereocenters. The van der Waals surface area contributed by atoms with Crippen LogP contribution in [-0.4, -0.2) is 87.6 Å². The molecule has 2 aliphatic heterocycles. The molecule has 3 atom stereocenters. The molecule has 4 rings (SSSR count). The SMILES string of the molecule is CCCN1C(=O)c2ccccc2C(C(=O)N(C)C2CCN(C)C2)C1c1cc(OC)c(OC)c(OC)c1. The number of rotatable bonds is 8. The Morgan fingerprint density at radius 3 is 2.31 bits per heavy atom. The van der Waals surface area contributed by atoms with E-state index in [9.17, 15) is 9.59 Å². The van der Waals surface area contributed by atoms with Crippen molar-refractivity contribution < 1.29 is 23.8 Å². The van der Waals surface area contributed by atoms with Crippen molar-refractivity contribution in [2.75, 3.05) is 55.1 Å². The molecule has 8 nitrogen and oxygen atoms in total. The topological polar surface area (TPSA) is 71.6 Å². The monoisotopic (exact) mass is 495 g/mol. The molecule has 2 amide bonds. The first-order chi connectivity index (χ1) is 17.4. The molecule has 0 saturated carbocycles. The van der Waals surface area contributed by atoms with Crippen LogP contribution in [0.4, 0.5) is 0 Å². The van der Waals surface area contributed by atoms with Gasteiger partial charge in [-0.15, -0.1) is 0 Å². The molecule has 194 valence electrons. The minimum Gasteiger partial charge on any atom is -0.493 e. The second-order valence-electron chi connectivity index (χ2n) is 9.62. The number of amides is 2. The van der Waals surface area contributed by atoms with Crippen LogP contribution in [0.3, 0.4) is 0 Å². The average Bonchev–Trinajstić information content (AvgIpc) is 3.34. The van der Waals surface area contributed by atoms with Gasteiger partial charge in [0.05, 0.1) is 33.3 Å². The molecule has 1 saturated heterocycles. The fourth-order valence-corrected chi connectivity index (χ4v) is 5.62. The van der Waals surface area contributed by atoms with E-state index in [2.05, 4.69) is 11.9 Å². The summed E-state index contributed by atoms with van der Waals surface area (Å²) in [5, 5.41) is 0. The molecule has 0 radical (unpaired) electrons. The Kier molecular flexibility index (Phi) is 7.73. The van der Waals surface area contributed by atoms with E-state index >= 15 is 0 Å². The van der Waals surface area contributed by atoms with Gasteiger partial charge in [0.25, 0.3) is 5.91 Å². The first-order valence-corrected chi connectivity index (χ1v) is 12.5. The maximum atomic E-state index is 14.3. The Morgan fingerprint density at radius 1 is 1.08 bits per heavy atom. The van der Waals surface area contributed by atoms with Crippen molar-refractivity contribution >= 4 is 11.8 Å². The summed E-state index contributed by atoms with van der Waals surface area (Å²) in [7, 11) is 8.67. The highest BCUT2D eigenvalue weighted by atomic mass is 16.5. The largest absolute Gasteiger partial charge is 0.493 e. The Bertz CT molecular complexity index is 1100. The van der Waals surface area contributed by atoms with E-state index in [4.69, 9.17) is 14.2 Å². The fourth-order valence-electron chi connectivity index (χ4n) is 5.62. The van der Waals surface area contributed by atoms with Crippen LogP contribution in [0.1, 0.15) is 53.2 Å². The van der Waals surface area contributed by atoms with Crippen molar-refractivity contribution in [1.82, 2.24) is 14.7 Å². The van der Waals surface area contributed by atoms with Crippen LogP contribution in [0.25, 0.3) is 0 Å². The first kappa shape index (κ1) is 25.8. The number of methoxy groups -OCH3 is 3. The molecule has 2 heterocycles. The summed E-state index contributed by atoms with van der Waals surface area (Å²) in [6, 6.07) is 10.8.